The van der Waals surface area contributed by atoms with Gasteiger partial charge >= 0.3 is 11.9 Å². The van der Waals surface area contributed by atoms with Gasteiger partial charge in [0.1, 0.15) is 6.10 Å². The highest BCUT2D eigenvalue weighted by Gasteiger charge is 2.68. The second-order valence-corrected chi connectivity index (χ2v) is 6.73. The van der Waals surface area contributed by atoms with E-state index >= 15 is 0 Å². The Hall–Kier alpha value is -1.10. The summed E-state index contributed by atoms with van der Waals surface area (Å²) in [6.07, 6.45) is 6.19. The molecule has 0 aromatic carbocycles. The summed E-state index contributed by atoms with van der Waals surface area (Å²) in [5, 5.41) is 0. The monoisotopic (exact) mass is 326 g/mol. The molecule has 4 rings (SSSR count). The molecule has 0 spiro atoms. The SMILES string of the molecule is CC=CC(=O)OC1C2C=CC3(Br)C1OC(=O)C3C2C. The minimum atomic E-state index is -0.529. The number of esters is 2. The highest BCUT2D eigenvalue weighted by atomic mass is 79.9. The van der Waals surface area contributed by atoms with Gasteiger partial charge in [0.05, 0.1) is 10.2 Å². The fourth-order valence-corrected chi connectivity index (χ4v) is 4.61. The number of carbonyl (C=O) groups is 2. The van der Waals surface area contributed by atoms with Gasteiger partial charge < -0.3 is 9.47 Å². The second-order valence-electron chi connectivity index (χ2n) is 5.36. The Labute approximate surface area is 120 Å². The quantitative estimate of drug-likeness (QED) is 0.337. The van der Waals surface area contributed by atoms with Crippen LogP contribution in [0.4, 0.5) is 0 Å². The molecule has 1 saturated carbocycles. The first-order valence-corrected chi connectivity index (χ1v) is 7.20. The zero-order chi connectivity index (χ0) is 13.8. The lowest BCUT2D eigenvalue weighted by Crippen LogP contribution is -2.59. The summed E-state index contributed by atoms with van der Waals surface area (Å²) < 4.78 is 10.4. The molecule has 0 radical (unpaired) electrons. The zero-order valence-corrected chi connectivity index (χ0v) is 12.3. The molecule has 0 aromatic heterocycles. The summed E-state index contributed by atoms with van der Waals surface area (Å²) in [5.74, 6) is -0.650. The molecule has 2 fully saturated rings. The lowest BCUT2D eigenvalue weighted by Gasteiger charge is -2.48. The average Bonchev–Trinajstić information content (AvgIpc) is 2.55. The maximum atomic E-state index is 12.0. The molecule has 5 heteroatoms. The van der Waals surface area contributed by atoms with Gasteiger partial charge in [-0.2, -0.15) is 0 Å². The van der Waals surface area contributed by atoms with Crippen molar-refractivity contribution in [1.29, 1.82) is 0 Å². The molecule has 0 N–H and O–H groups in total. The number of halogens is 1. The lowest BCUT2D eigenvalue weighted by molar-refractivity contribution is -0.160. The first kappa shape index (κ1) is 12.9. The van der Waals surface area contributed by atoms with Crippen molar-refractivity contribution in [2.75, 3.05) is 0 Å². The molecular weight excluding hydrogens is 312 g/mol. The third-order valence-electron chi connectivity index (χ3n) is 4.35. The summed E-state index contributed by atoms with van der Waals surface area (Å²) in [5.41, 5.74) is 0. The van der Waals surface area contributed by atoms with Crippen LogP contribution in [0.5, 0.6) is 0 Å². The number of allylic oxidation sites excluding steroid dienone is 1. The number of alkyl halides is 1. The fourth-order valence-electron chi connectivity index (χ4n) is 3.50. The summed E-state index contributed by atoms with van der Waals surface area (Å²) in [7, 11) is 0. The minimum Gasteiger partial charge on any atom is -0.456 e. The van der Waals surface area contributed by atoms with Gasteiger partial charge in [0.2, 0.25) is 0 Å². The topological polar surface area (TPSA) is 52.6 Å². The first-order chi connectivity index (χ1) is 8.99. The van der Waals surface area contributed by atoms with Gasteiger partial charge in [-0.05, 0) is 12.8 Å². The summed E-state index contributed by atoms with van der Waals surface area (Å²) in [6, 6.07) is 0. The van der Waals surface area contributed by atoms with Crippen LogP contribution in [0, 0.1) is 17.8 Å². The van der Waals surface area contributed by atoms with Crippen molar-refractivity contribution in [2.24, 2.45) is 17.8 Å². The Kier molecular flexibility index (Phi) is 2.85. The number of carbonyl (C=O) groups excluding carboxylic acids is 2. The van der Waals surface area contributed by atoms with Crippen molar-refractivity contribution in [3.05, 3.63) is 24.3 Å². The van der Waals surface area contributed by atoms with E-state index in [-0.39, 0.29) is 23.7 Å². The van der Waals surface area contributed by atoms with Crippen molar-refractivity contribution >= 4 is 27.9 Å². The highest BCUT2D eigenvalue weighted by Crippen LogP contribution is 2.58. The lowest BCUT2D eigenvalue weighted by atomic mass is 9.61. The predicted molar refractivity (Wildman–Crippen MR) is 71.5 cm³/mol. The van der Waals surface area contributed by atoms with E-state index in [2.05, 4.69) is 15.9 Å². The largest absolute Gasteiger partial charge is 0.456 e. The molecule has 102 valence electrons. The van der Waals surface area contributed by atoms with Gasteiger partial charge in [-0.15, -0.1) is 0 Å². The molecule has 1 aliphatic heterocycles. The van der Waals surface area contributed by atoms with Crippen molar-refractivity contribution < 1.29 is 19.1 Å². The van der Waals surface area contributed by atoms with E-state index in [0.717, 1.165) is 0 Å². The highest BCUT2D eigenvalue weighted by molar-refractivity contribution is 9.10. The number of hydrogen-bond donors (Lipinski definition) is 0. The Morgan fingerprint density at radius 1 is 1.58 bits per heavy atom. The van der Waals surface area contributed by atoms with Gasteiger partial charge in [0, 0.05) is 12.0 Å². The maximum Gasteiger partial charge on any atom is 0.330 e. The molecule has 4 aliphatic rings. The van der Waals surface area contributed by atoms with E-state index in [1.807, 2.05) is 19.1 Å². The Morgan fingerprint density at radius 2 is 2.32 bits per heavy atom. The zero-order valence-electron chi connectivity index (χ0n) is 10.7. The average molecular weight is 327 g/mol. The molecule has 0 aromatic rings. The number of rotatable bonds is 2. The van der Waals surface area contributed by atoms with E-state index in [1.165, 1.54) is 6.08 Å². The van der Waals surface area contributed by atoms with E-state index < -0.39 is 22.5 Å². The second kappa shape index (κ2) is 4.20. The van der Waals surface area contributed by atoms with E-state index in [1.54, 1.807) is 13.0 Å². The summed E-state index contributed by atoms with van der Waals surface area (Å²) in [4.78, 5) is 23.6. The predicted octanol–water partition coefficient (Wildman–Crippen LogP) is 1.99. The van der Waals surface area contributed by atoms with Crippen LogP contribution in [0.1, 0.15) is 13.8 Å². The van der Waals surface area contributed by atoms with Crippen LogP contribution >= 0.6 is 15.9 Å². The molecule has 6 unspecified atom stereocenters. The van der Waals surface area contributed by atoms with Gasteiger partial charge in [-0.25, -0.2) is 4.79 Å². The Balaban J connectivity index is 1.94. The van der Waals surface area contributed by atoms with Crippen molar-refractivity contribution in [2.45, 2.75) is 30.4 Å². The maximum absolute atomic E-state index is 12.0. The molecule has 1 saturated heterocycles. The van der Waals surface area contributed by atoms with E-state index in [0.29, 0.717) is 0 Å². The van der Waals surface area contributed by atoms with Crippen LogP contribution in [0.2, 0.25) is 0 Å². The molecule has 1 heterocycles. The third kappa shape index (κ3) is 1.64. The molecule has 4 nitrogen and oxygen atoms in total. The smallest absolute Gasteiger partial charge is 0.330 e. The van der Waals surface area contributed by atoms with Crippen LogP contribution in [0.15, 0.2) is 24.3 Å². The normalized spacial score (nSPS) is 46.7. The van der Waals surface area contributed by atoms with Crippen LogP contribution in [-0.4, -0.2) is 28.5 Å². The minimum absolute atomic E-state index is 0.0371. The Morgan fingerprint density at radius 3 is 3.00 bits per heavy atom. The molecule has 19 heavy (non-hydrogen) atoms. The molecular formula is C14H15BrO4. The van der Waals surface area contributed by atoms with Crippen LogP contribution in [-0.2, 0) is 19.1 Å². The van der Waals surface area contributed by atoms with Crippen LogP contribution in [0.25, 0.3) is 0 Å². The standard InChI is InChI=1S/C14H15BrO4/c1-3-4-9(16)18-11-8-5-6-14(15)10(7(8)2)13(17)19-12(11)14/h3-8,10-12H,1-2H3. The third-order valence-corrected chi connectivity index (χ3v) is 5.56. The van der Waals surface area contributed by atoms with Gasteiger partial charge in [-0.1, -0.05) is 41.1 Å². The number of hydrogen-bond acceptors (Lipinski definition) is 4. The molecule has 3 aliphatic carbocycles. The van der Waals surface area contributed by atoms with Gasteiger partial charge in [0.25, 0.3) is 0 Å². The Bertz CT molecular complexity index is 498. The van der Waals surface area contributed by atoms with E-state index in [4.69, 9.17) is 9.47 Å². The van der Waals surface area contributed by atoms with Gasteiger partial charge in [0.15, 0.2) is 6.10 Å². The van der Waals surface area contributed by atoms with E-state index in [9.17, 15) is 9.59 Å². The molecule has 4 bridgehead atoms. The van der Waals surface area contributed by atoms with Crippen LogP contribution in [0.3, 0.4) is 0 Å². The molecule has 6 atom stereocenters. The summed E-state index contributed by atoms with van der Waals surface area (Å²) in [6.45, 7) is 3.77. The summed E-state index contributed by atoms with van der Waals surface area (Å²) >= 11 is 3.63. The number of ether oxygens (including phenoxy) is 2. The van der Waals surface area contributed by atoms with Crippen molar-refractivity contribution in [1.82, 2.24) is 0 Å². The van der Waals surface area contributed by atoms with Gasteiger partial charge in [-0.3, -0.25) is 4.79 Å². The first-order valence-electron chi connectivity index (χ1n) is 6.41. The van der Waals surface area contributed by atoms with Crippen molar-refractivity contribution in [3.8, 4) is 0 Å². The molecule has 0 amide bonds. The fraction of sp³-hybridized carbons (Fsp3) is 0.571. The van der Waals surface area contributed by atoms with Crippen molar-refractivity contribution in [3.63, 3.8) is 0 Å². The van der Waals surface area contributed by atoms with Crippen LogP contribution < -0.4 is 0 Å².